The average molecular weight is 420 g/mol. The number of nitrogens with one attached hydrogen (secondary N) is 2. The van der Waals surface area contributed by atoms with Crippen LogP contribution >= 0.6 is 11.3 Å². The van der Waals surface area contributed by atoms with Crippen LogP contribution in [0.1, 0.15) is 22.1 Å². The number of aliphatic hydroxyl groups excluding tert-OH is 1. The van der Waals surface area contributed by atoms with Crippen molar-refractivity contribution < 1.29 is 14.6 Å². The summed E-state index contributed by atoms with van der Waals surface area (Å²) in [6, 6.07) is 18.4. The summed E-state index contributed by atoms with van der Waals surface area (Å²) in [4.78, 5) is 20.4. The van der Waals surface area contributed by atoms with Crippen LogP contribution in [0.4, 0.5) is 5.13 Å². The largest absolute Gasteiger partial charge is 0.457 e. The molecule has 0 saturated carbocycles. The molecule has 0 aliphatic heterocycles. The van der Waals surface area contributed by atoms with Gasteiger partial charge in [0.15, 0.2) is 5.13 Å². The molecule has 30 heavy (non-hydrogen) atoms. The number of anilines is 1. The fourth-order valence-corrected chi connectivity index (χ4v) is 3.91. The van der Waals surface area contributed by atoms with Crippen molar-refractivity contribution in [1.29, 1.82) is 0 Å². The van der Waals surface area contributed by atoms with Crippen molar-refractivity contribution in [2.45, 2.75) is 6.04 Å². The first-order valence-electron chi connectivity index (χ1n) is 9.35. The fourth-order valence-electron chi connectivity index (χ4n) is 2.96. The summed E-state index contributed by atoms with van der Waals surface area (Å²) >= 11 is 1.48. The molecule has 2 aromatic heterocycles. The Balaban J connectivity index is 1.53. The van der Waals surface area contributed by atoms with Gasteiger partial charge in [0, 0.05) is 25.4 Å². The van der Waals surface area contributed by atoms with Crippen LogP contribution in [0.15, 0.2) is 66.9 Å². The lowest BCUT2D eigenvalue weighted by atomic mass is 10.1. The molecule has 0 radical (unpaired) electrons. The molecule has 1 amide bonds. The highest BCUT2D eigenvalue weighted by Crippen LogP contribution is 2.32. The number of hydrogen-bond donors (Lipinski definition) is 3. The van der Waals surface area contributed by atoms with Crippen molar-refractivity contribution in [2.24, 2.45) is 0 Å². The van der Waals surface area contributed by atoms with Gasteiger partial charge in [0.2, 0.25) is 0 Å². The Kier molecular flexibility index (Phi) is 5.87. The standard InChI is InChI=1S/C22H20N4O3S/c1-23-21(28)18-11-16(9-10-24-18)29-15-7-8-17-20(12-15)30-22(25-17)26-19(13-27)14-5-3-2-4-6-14/h2-12,19,27H,13H2,1H3,(H,23,28)(H,25,26). The Labute approximate surface area is 177 Å². The molecule has 3 N–H and O–H groups in total. The number of rotatable bonds is 7. The van der Waals surface area contributed by atoms with Crippen LogP contribution in [-0.4, -0.2) is 34.6 Å². The van der Waals surface area contributed by atoms with Gasteiger partial charge in [0.05, 0.1) is 22.9 Å². The molecule has 7 nitrogen and oxygen atoms in total. The summed E-state index contributed by atoms with van der Waals surface area (Å²) in [7, 11) is 1.56. The van der Waals surface area contributed by atoms with Crippen LogP contribution in [-0.2, 0) is 0 Å². The molecular formula is C22H20N4O3S. The van der Waals surface area contributed by atoms with Crippen LogP contribution in [0.25, 0.3) is 10.2 Å². The van der Waals surface area contributed by atoms with Crippen molar-refractivity contribution in [3.63, 3.8) is 0 Å². The van der Waals surface area contributed by atoms with E-state index in [4.69, 9.17) is 4.74 Å². The van der Waals surface area contributed by atoms with Crippen LogP contribution in [0.5, 0.6) is 11.5 Å². The lowest BCUT2D eigenvalue weighted by molar-refractivity contribution is 0.0958. The third-order valence-electron chi connectivity index (χ3n) is 4.47. The lowest BCUT2D eigenvalue weighted by Crippen LogP contribution is -2.18. The highest BCUT2D eigenvalue weighted by Gasteiger charge is 2.13. The molecule has 2 aromatic carbocycles. The number of fused-ring (bicyclic) bond motifs is 1. The lowest BCUT2D eigenvalue weighted by Gasteiger charge is -2.15. The summed E-state index contributed by atoms with van der Waals surface area (Å²) in [5.74, 6) is 0.884. The van der Waals surface area contributed by atoms with Crippen molar-refractivity contribution >= 4 is 32.6 Å². The molecule has 1 unspecified atom stereocenters. The number of carbonyl (C=O) groups excluding carboxylic acids is 1. The summed E-state index contributed by atoms with van der Waals surface area (Å²) in [6.45, 7) is -0.0377. The van der Waals surface area contributed by atoms with E-state index in [0.717, 1.165) is 20.9 Å². The van der Waals surface area contributed by atoms with Gasteiger partial charge in [-0.25, -0.2) is 4.98 Å². The predicted molar refractivity (Wildman–Crippen MR) is 117 cm³/mol. The minimum Gasteiger partial charge on any atom is -0.457 e. The van der Waals surface area contributed by atoms with Gasteiger partial charge in [-0.3, -0.25) is 9.78 Å². The zero-order chi connectivity index (χ0) is 20.9. The van der Waals surface area contributed by atoms with Gasteiger partial charge < -0.3 is 20.5 Å². The maximum Gasteiger partial charge on any atom is 0.269 e. The minimum atomic E-state index is -0.272. The van der Waals surface area contributed by atoms with Gasteiger partial charge in [0.1, 0.15) is 17.2 Å². The molecule has 0 bridgehead atoms. The van der Waals surface area contributed by atoms with E-state index in [1.165, 1.54) is 17.5 Å². The molecule has 4 rings (SSSR count). The van der Waals surface area contributed by atoms with E-state index in [1.807, 2.05) is 48.5 Å². The smallest absolute Gasteiger partial charge is 0.269 e. The summed E-state index contributed by atoms with van der Waals surface area (Å²) < 4.78 is 6.85. The minimum absolute atomic E-state index is 0.0377. The maximum absolute atomic E-state index is 11.8. The summed E-state index contributed by atoms with van der Waals surface area (Å²) in [6.07, 6.45) is 1.53. The number of nitrogens with zero attached hydrogens (tertiary/aromatic N) is 2. The Morgan fingerprint density at radius 1 is 1.13 bits per heavy atom. The van der Waals surface area contributed by atoms with Crippen LogP contribution < -0.4 is 15.4 Å². The molecule has 0 saturated heterocycles. The van der Waals surface area contributed by atoms with E-state index in [1.54, 1.807) is 19.2 Å². The van der Waals surface area contributed by atoms with Crippen molar-refractivity contribution in [3.8, 4) is 11.5 Å². The van der Waals surface area contributed by atoms with Gasteiger partial charge in [-0.1, -0.05) is 41.7 Å². The number of ether oxygens (including phenoxy) is 1. The van der Waals surface area contributed by atoms with Crippen LogP contribution in [0.2, 0.25) is 0 Å². The molecule has 8 heteroatoms. The first-order chi connectivity index (χ1) is 14.7. The molecule has 152 valence electrons. The predicted octanol–water partition coefficient (Wildman–Crippen LogP) is 3.99. The van der Waals surface area contributed by atoms with Gasteiger partial charge in [-0.2, -0.15) is 0 Å². The van der Waals surface area contributed by atoms with E-state index in [2.05, 4.69) is 20.6 Å². The quantitative estimate of drug-likeness (QED) is 0.418. The second-order valence-electron chi connectivity index (χ2n) is 6.50. The van der Waals surface area contributed by atoms with Gasteiger partial charge in [-0.15, -0.1) is 0 Å². The normalized spacial score (nSPS) is 11.8. The molecule has 0 spiro atoms. The van der Waals surface area contributed by atoms with Crippen LogP contribution in [0.3, 0.4) is 0 Å². The third-order valence-corrected chi connectivity index (χ3v) is 5.42. The first kappa shape index (κ1) is 19.8. The number of amides is 1. The number of aliphatic hydroxyl groups is 1. The first-order valence-corrected chi connectivity index (χ1v) is 10.2. The summed E-state index contributed by atoms with van der Waals surface area (Å²) in [5.41, 5.74) is 2.12. The maximum atomic E-state index is 11.8. The van der Waals surface area contributed by atoms with Crippen molar-refractivity contribution in [1.82, 2.24) is 15.3 Å². The molecule has 0 fully saturated rings. The average Bonchev–Trinajstić information content (AvgIpc) is 3.19. The molecule has 0 aliphatic carbocycles. The third kappa shape index (κ3) is 4.40. The van der Waals surface area contributed by atoms with E-state index in [0.29, 0.717) is 11.5 Å². The van der Waals surface area contributed by atoms with Gasteiger partial charge in [-0.05, 0) is 23.8 Å². The van der Waals surface area contributed by atoms with E-state index < -0.39 is 0 Å². The zero-order valence-corrected chi connectivity index (χ0v) is 17.0. The molecule has 1 atom stereocenters. The van der Waals surface area contributed by atoms with Crippen molar-refractivity contribution in [3.05, 3.63) is 78.1 Å². The second kappa shape index (κ2) is 8.89. The van der Waals surface area contributed by atoms with Gasteiger partial charge >= 0.3 is 0 Å². The molecule has 2 heterocycles. The number of benzene rings is 2. The summed E-state index contributed by atoms with van der Waals surface area (Å²) in [5, 5.41) is 16.3. The van der Waals surface area contributed by atoms with Gasteiger partial charge in [0.25, 0.3) is 5.91 Å². The number of thiazole rings is 1. The molecule has 4 aromatic rings. The number of carbonyl (C=O) groups is 1. The second-order valence-corrected chi connectivity index (χ2v) is 7.53. The highest BCUT2D eigenvalue weighted by atomic mass is 32.1. The number of aromatic nitrogens is 2. The van der Waals surface area contributed by atoms with E-state index in [-0.39, 0.29) is 24.2 Å². The Morgan fingerprint density at radius 3 is 2.70 bits per heavy atom. The number of hydrogen-bond acceptors (Lipinski definition) is 7. The number of pyridine rings is 1. The van der Waals surface area contributed by atoms with E-state index >= 15 is 0 Å². The monoisotopic (exact) mass is 420 g/mol. The zero-order valence-electron chi connectivity index (χ0n) is 16.2. The topological polar surface area (TPSA) is 96.4 Å². The molecular weight excluding hydrogens is 400 g/mol. The fraction of sp³-hybridized carbons (Fsp3) is 0.136. The SMILES string of the molecule is CNC(=O)c1cc(Oc2ccc3nc(NC(CO)c4ccccc4)sc3c2)ccn1. The highest BCUT2D eigenvalue weighted by molar-refractivity contribution is 7.22. The Bertz CT molecular complexity index is 1160. The Hall–Kier alpha value is -3.49. The molecule has 0 aliphatic rings. The van der Waals surface area contributed by atoms with E-state index in [9.17, 15) is 9.90 Å². The van der Waals surface area contributed by atoms with Crippen LogP contribution in [0, 0.1) is 0 Å². The van der Waals surface area contributed by atoms with Crippen molar-refractivity contribution in [2.75, 3.05) is 19.0 Å². The Morgan fingerprint density at radius 2 is 1.93 bits per heavy atom.